The minimum absolute atomic E-state index is 0.717. The Morgan fingerprint density at radius 1 is 1.50 bits per heavy atom. The van der Waals surface area contributed by atoms with Gasteiger partial charge in [-0.25, -0.2) is 0 Å². The van der Waals surface area contributed by atoms with Gasteiger partial charge in [0.05, 0.1) is 0 Å². The molecule has 0 fully saturated rings. The summed E-state index contributed by atoms with van der Waals surface area (Å²) in [5.74, 6) is 1.50. The predicted molar refractivity (Wildman–Crippen MR) is 61.9 cm³/mol. The molecule has 1 heteroatoms. The number of hydrogen-bond donors (Lipinski definition) is 1. The van der Waals surface area contributed by atoms with E-state index in [4.69, 9.17) is 0 Å². The smallest absolute Gasteiger partial charge is 0.0406 e. The molecule has 0 aromatic heterocycles. The van der Waals surface area contributed by atoms with E-state index in [1.165, 1.54) is 23.2 Å². The first-order valence-electron chi connectivity index (χ1n) is 5.57. The van der Waals surface area contributed by atoms with Crippen LogP contribution in [-0.4, -0.2) is 6.54 Å². The van der Waals surface area contributed by atoms with E-state index in [0.717, 1.165) is 18.4 Å². The molecule has 0 radical (unpaired) electrons. The Balaban J connectivity index is 2.35. The van der Waals surface area contributed by atoms with E-state index in [0.29, 0.717) is 0 Å². The van der Waals surface area contributed by atoms with Gasteiger partial charge in [0.25, 0.3) is 0 Å². The summed E-state index contributed by atoms with van der Waals surface area (Å²) in [6, 6.07) is 6.64. The van der Waals surface area contributed by atoms with Crippen molar-refractivity contribution < 1.29 is 0 Å². The molecule has 1 aromatic carbocycles. The average molecular weight is 189 g/mol. The van der Waals surface area contributed by atoms with Crippen molar-refractivity contribution >= 4 is 5.69 Å². The van der Waals surface area contributed by atoms with E-state index in [-0.39, 0.29) is 0 Å². The molecule has 0 saturated carbocycles. The molecule has 1 aliphatic heterocycles. The fourth-order valence-corrected chi connectivity index (χ4v) is 2.36. The molecule has 1 N–H and O–H groups in total. The highest BCUT2D eigenvalue weighted by Crippen LogP contribution is 2.38. The Bertz CT molecular complexity index is 330. The molecular formula is C13H19N. The van der Waals surface area contributed by atoms with Crippen molar-refractivity contribution in [1.82, 2.24) is 0 Å². The second-order valence-corrected chi connectivity index (χ2v) is 4.41. The van der Waals surface area contributed by atoms with Gasteiger partial charge in [-0.15, -0.1) is 0 Å². The molecule has 1 aromatic rings. The topological polar surface area (TPSA) is 12.0 Å². The van der Waals surface area contributed by atoms with Crippen LogP contribution in [0.25, 0.3) is 0 Å². The Morgan fingerprint density at radius 2 is 2.29 bits per heavy atom. The first-order chi connectivity index (χ1) is 6.74. The number of fused-ring (bicyclic) bond motifs is 1. The molecule has 0 amide bonds. The second kappa shape index (κ2) is 3.64. The van der Waals surface area contributed by atoms with Crippen LogP contribution in [0.1, 0.15) is 37.3 Å². The van der Waals surface area contributed by atoms with Crippen molar-refractivity contribution in [1.29, 1.82) is 0 Å². The maximum Gasteiger partial charge on any atom is 0.0406 e. The molecule has 2 atom stereocenters. The minimum Gasteiger partial charge on any atom is -0.384 e. The molecule has 1 aliphatic rings. The molecule has 2 rings (SSSR count). The van der Waals surface area contributed by atoms with Gasteiger partial charge in [-0.2, -0.15) is 0 Å². The van der Waals surface area contributed by atoms with Crippen LogP contribution < -0.4 is 5.32 Å². The van der Waals surface area contributed by atoms with E-state index in [2.05, 4.69) is 44.3 Å². The molecule has 1 heterocycles. The van der Waals surface area contributed by atoms with Crippen LogP contribution in [0.2, 0.25) is 0 Å². The van der Waals surface area contributed by atoms with Crippen LogP contribution in [0.4, 0.5) is 5.69 Å². The van der Waals surface area contributed by atoms with Crippen LogP contribution >= 0.6 is 0 Å². The van der Waals surface area contributed by atoms with Crippen molar-refractivity contribution in [2.24, 2.45) is 5.92 Å². The molecule has 0 aliphatic carbocycles. The quantitative estimate of drug-likeness (QED) is 0.750. The monoisotopic (exact) mass is 189 g/mol. The number of nitrogens with one attached hydrogen (secondary N) is 1. The summed E-state index contributed by atoms with van der Waals surface area (Å²) in [7, 11) is 0. The van der Waals surface area contributed by atoms with Crippen LogP contribution in [0, 0.1) is 12.8 Å². The lowest BCUT2D eigenvalue weighted by Gasteiger charge is -2.17. The number of anilines is 1. The lowest BCUT2D eigenvalue weighted by molar-refractivity contribution is 0.472. The Morgan fingerprint density at radius 3 is 3.00 bits per heavy atom. The molecule has 0 bridgehead atoms. The van der Waals surface area contributed by atoms with E-state index < -0.39 is 0 Å². The van der Waals surface area contributed by atoms with E-state index >= 15 is 0 Å². The van der Waals surface area contributed by atoms with Crippen molar-refractivity contribution in [3.8, 4) is 0 Å². The number of rotatable bonds is 2. The largest absolute Gasteiger partial charge is 0.384 e. The Labute approximate surface area is 86.5 Å². The fraction of sp³-hybridized carbons (Fsp3) is 0.538. The third-order valence-electron chi connectivity index (χ3n) is 3.53. The Kier molecular flexibility index (Phi) is 2.49. The highest BCUT2D eigenvalue weighted by atomic mass is 14.9. The zero-order chi connectivity index (χ0) is 10.1. The lowest BCUT2D eigenvalue weighted by atomic mass is 9.87. The third-order valence-corrected chi connectivity index (χ3v) is 3.53. The van der Waals surface area contributed by atoms with E-state index in [1.54, 1.807) is 0 Å². The SMILES string of the molecule is CCC(C)C1CNc2c(C)cccc21. The van der Waals surface area contributed by atoms with Crippen LogP contribution in [0.5, 0.6) is 0 Å². The van der Waals surface area contributed by atoms with Gasteiger partial charge >= 0.3 is 0 Å². The van der Waals surface area contributed by atoms with Gasteiger partial charge in [0, 0.05) is 18.2 Å². The number of para-hydroxylation sites is 1. The summed E-state index contributed by atoms with van der Waals surface area (Å²) in [6.07, 6.45) is 1.26. The standard InChI is InChI=1S/C13H19N/c1-4-9(2)12-8-14-13-10(3)6-5-7-11(12)13/h5-7,9,12,14H,4,8H2,1-3H3. The maximum absolute atomic E-state index is 3.53. The van der Waals surface area contributed by atoms with Gasteiger partial charge < -0.3 is 5.32 Å². The lowest BCUT2D eigenvalue weighted by Crippen LogP contribution is -2.10. The van der Waals surface area contributed by atoms with E-state index in [1.807, 2.05) is 0 Å². The molecule has 0 spiro atoms. The summed E-state index contributed by atoms with van der Waals surface area (Å²) in [6.45, 7) is 7.93. The zero-order valence-electron chi connectivity index (χ0n) is 9.30. The van der Waals surface area contributed by atoms with Gasteiger partial charge in [0.15, 0.2) is 0 Å². The van der Waals surface area contributed by atoms with Crippen LogP contribution in [0.15, 0.2) is 18.2 Å². The van der Waals surface area contributed by atoms with Gasteiger partial charge in [-0.05, 0) is 24.0 Å². The summed E-state index contributed by atoms with van der Waals surface area (Å²) < 4.78 is 0. The van der Waals surface area contributed by atoms with Crippen molar-refractivity contribution in [2.45, 2.75) is 33.1 Å². The predicted octanol–water partition coefficient (Wildman–Crippen LogP) is 3.55. The summed E-state index contributed by atoms with van der Waals surface area (Å²) in [4.78, 5) is 0. The highest BCUT2D eigenvalue weighted by Gasteiger charge is 2.26. The van der Waals surface area contributed by atoms with Gasteiger partial charge in [-0.3, -0.25) is 0 Å². The van der Waals surface area contributed by atoms with E-state index in [9.17, 15) is 0 Å². The van der Waals surface area contributed by atoms with Gasteiger partial charge in [0.2, 0.25) is 0 Å². The summed E-state index contributed by atoms with van der Waals surface area (Å²) in [5, 5.41) is 3.53. The van der Waals surface area contributed by atoms with Crippen molar-refractivity contribution in [3.05, 3.63) is 29.3 Å². The molecule has 0 saturated heterocycles. The van der Waals surface area contributed by atoms with Crippen molar-refractivity contribution in [2.75, 3.05) is 11.9 Å². The molecular weight excluding hydrogens is 170 g/mol. The number of hydrogen-bond acceptors (Lipinski definition) is 1. The van der Waals surface area contributed by atoms with Gasteiger partial charge in [0.1, 0.15) is 0 Å². The third kappa shape index (κ3) is 1.41. The summed E-state index contributed by atoms with van der Waals surface area (Å²) in [5.41, 5.74) is 4.30. The maximum atomic E-state index is 3.53. The van der Waals surface area contributed by atoms with Crippen molar-refractivity contribution in [3.63, 3.8) is 0 Å². The molecule has 2 unspecified atom stereocenters. The van der Waals surface area contributed by atoms with Crippen LogP contribution in [-0.2, 0) is 0 Å². The highest BCUT2D eigenvalue weighted by molar-refractivity contribution is 5.62. The zero-order valence-corrected chi connectivity index (χ0v) is 9.30. The minimum atomic E-state index is 0.717. The fourth-order valence-electron chi connectivity index (χ4n) is 2.36. The first kappa shape index (κ1) is 9.57. The number of benzene rings is 1. The number of aryl methyl sites for hydroxylation is 1. The van der Waals surface area contributed by atoms with Crippen LogP contribution in [0.3, 0.4) is 0 Å². The molecule has 14 heavy (non-hydrogen) atoms. The molecule has 76 valence electrons. The Hall–Kier alpha value is -0.980. The average Bonchev–Trinajstić information content (AvgIpc) is 2.62. The normalized spacial score (nSPS) is 21.5. The summed E-state index contributed by atoms with van der Waals surface area (Å²) >= 11 is 0. The van der Waals surface area contributed by atoms with Gasteiger partial charge in [-0.1, -0.05) is 38.5 Å². The first-order valence-corrected chi connectivity index (χ1v) is 5.57. The second-order valence-electron chi connectivity index (χ2n) is 4.41. The molecule has 1 nitrogen and oxygen atoms in total.